The van der Waals surface area contributed by atoms with Crippen LogP contribution < -0.4 is 0 Å². The normalized spacial score (nSPS) is 19.1. The van der Waals surface area contributed by atoms with Gasteiger partial charge >= 0.3 is 5.97 Å². The molecule has 1 unspecified atom stereocenters. The second-order valence-corrected chi connectivity index (χ2v) is 4.58. The van der Waals surface area contributed by atoms with E-state index in [1.165, 1.54) is 12.5 Å². The van der Waals surface area contributed by atoms with Gasteiger partial charge in [0.15, 0.2) is 5.69 Å². The van der Waals surface area contributed by atoms with Gasteiger partial charge in [-0.1, -0.05) is 17.9 Å². The lowest BCUT2D eigenvalue weighted by molar-refractivity contribution is 0.00333. The Hall–Kier alpha value is -1.69. The summed E-state index contributed by atoms with van der Waals surface area (Å²) in [4.78, 5) is 11.7. The molecule has 2 rings (SSSR count). The van der Waals surface area contributed by atoms with E-state index in [1.807, 2.05) is 6.92 Å². The van der Waals surface area contributed by atoms with Gasteiger partial charge < -0.3 is 9.47 Å². The minimum absolute atomic E-state index is 0.159. The molecule has 0 aromatic carbocycles. The van der Waals surface area contributed by atoms with Crippen LogP contribution in [0.3, 0.4) is 0 Å². The maximum atomic E-state index is 11.7. The van der Waals surface area contributed by atoms with E-state index >= 15 is 0 Å². The average Bonchev–Trinajstić information content (AvgIpc) is 2.79. The van der Waals surface area contributed by atoms with Crippen LogP contribution >= 0.6 is 0 Å². The van der Waals surface area contributed by atoms with Crippen LogP contribution in [0.5, 0.6) is 0 Å². The summed E-state index contributed by atoms with van der Waals surface area (Å²) in [6, 6.07) is 0. The molecule has 0 saturated carbocycles. The van der Waals surface area contributed by atoms with Crippen LogP contribution in [-0.2, 0) is 16.0 Å². The molecule has 1 saturated heterocycles. The summed E-state index contributed by atoms with van der Waals surface area (Å²) in [5.41, 5.74) is 0.973. The van der Waals surface area contributed by atoms with Crippen LogP contribution in [0.25, 0.3) is 0 Å². The second-order valence-electron chi connectivity index (χ2n) is 4.58. The van der Waals surface area contributed by atoms with Gasteiger partial charge in [0.05, 0.1) is 18.3 Å². The minimum Gasteiger partial charge on any atom is -0.457 e. The summed E-state index contributed by atoms with van der Waals surface area (Å²) in [6.07, 6.45) is 4.99. The van der Waals surface area contributed by atoms with Crippen LogP contribution in [0.2, 0.25) is 0 Å². The van der Waals surface area contributed by atoms with Gasteiger partial charge in [-0.05, 0) is 26.2 Å². The van der Waals surface area contributed by atoms with Gasteiger partial charge in [0.2, 0.25) is 0 Å². The summed E-state index contributed by atoms with van der Waals surface area (Å²) >= 11 is 0. The van der Waals surface area contributed by atoms with Gasteiger partial charge in [-0.3, -0.25) is 0 Å². The Bertz CT molecular complexity index is 450. The first-order chi connectivity index (χ1) is 9.22. The van der Waals surface area contributed by atoms with E-state index in [4.69, 9.17) is 9.47 Å². The molecule has 1 aromatic rings. The third-order valence-corrected chi connectivity index (χ3v) is 3.16. The van der Waals surface area contributed by atoms with Crippen molar-refractivity contribution in [2.75, 3.05) is 13.2 Å². The zero-order chi connectivity index (χ0) is 13.7. The fourth-order valence-electron chi connectivity index (χ4n) is 2.07. The molecule has 104 valence electrons. The maximum Gasteiger partial charge on any atom is 0.361 e. The predicted octanol–water partition coefficient (Wildman–Crippen LogP) is 1.50. The van der Waals surface area contributed by atoms with Crippen molar-refractivity contribution in [2.24, 2.45) is 0 Å². The van der Waals surface area contributed by atoms with Crippen LogP contribution in [0.4, 0.5) is 0 Å². The van der Waals surface area contributed by atoms with Crippen molar-refractivity contribution < 1.29 is 14.3 Å². The number of ether oxygens (including phenoxy) is 2. The molecule has 0 aliphatic carbocycles. The van der Waals surface area contributed by atoms with Gasteiger partial charge in [-0.2, -0.15) is 0 Å². The van der Waals surface area contributed by atoms with E-state index in [1.54, 1.807) is 4.68 Å². The Morgan fingerprint density at radius 3 is 3.16 bits per heavy atom. The monoisotopic (exact) mass is 265 g/mol. The molecular weight excluding hydrogens is 246 g/mol. The van der Waals surface area contributed by atoms with Gasteiger partial charge in [0.1, 0.15) is 6.61 Å². The number of carbonyl (C=O) groups excluding carboxylic acids is 1. The number of carbonyl (C=O) groups is 1. The van der Waals surface area contributed by atoms with E-state index in [0.717, 1.165) is 19.4 Å². The lowest BCUT2D eigenvalue weighted by atomic mass is 10.1. The standard InChI is InChI=1S/C13H19N3O3/c1-3-7-19-13(17)12-10(2)16(15-14-12)9-11-6-4-5-8-18-11/h3,11H,1,4-9H2,2H3. The Labute approximate surface area is 112 Å². The van der Waals surface area contributed by atoms with Crippen molar-refractivity contribution in [3.05, 3.63) is 24.0 Å². The number of hydrogen-bond acceptors (Lipinski definition) is 5. The van der Waals surface area contributed by atoms with Crippen molar-refractivity contribution in [1.82, 2.24) is 15.0 Å². The molecule has 1 aromatic heterocycles. The lowest BCUT2D eigenvalue weighted by Crippen LogP contribution is -2.25. The van der Waals surface area contributed by atoms with Crippen molar-refractivity contribution in [3.63, 3.8) is 0 Å². The first-order valence-electron chi connectivity index (χ1n) is 6.52. The highest BCUT2D eigenvalue weighted by atomic mass is 16.5. The molecular formula is C13H19N3O3. The number of esters is 1. The van der Waals surface area contributed by atoms with Gasteiger partial charge in [0, 0.05) is 6.61 Å². The second kappa shape index (κ2) is 6.47. The van der Waals surface area contributed by atoms with Gasteiger partial charge in [-0.15, -0.1) is 5.10 Å². The average molecular weight is 265 g/mol. The summed E-state index contributed by atoms with van der Waals surface area (Å²) in [5, 5.41) is 7.88. The van der Waals surface area contributed by atoms with E-state index in [0.29, 0.717) is 12.2 Å². The highest BCUT2D eigenvalue weighted by molar-refractivity contribution is 5.88. The van der Waals surface area contributed by atoms with Gasteiger partial charge in [-0.25, -0.2) is 9.48 Å². The van der Waals surface area contributed by atoms with Crippen LogP contribution in [0, 0.1) is 6.92 Å². The largest absolute Gasteiger partial charge is 0.457 e. The minimum atomic E-state index is -0.465. The molecule has 19 heavy (non-hydrogen) atoms. The first kappa shape index (κ1) is 13.7. The SMILES string of the molecule is C=CCOC(=O)c1nnn(CC2CCCCO2)c1C. The van der Waals surface area contributed by atoms with Crippen LogP contribution in [0.15, 0.2) is 12.7 Å². The van der Waals surface area contributed by atoms with Gasteiger partial charge in [0.25, 0.3) is 0 Å². The number of nitrogens with zero attached hydrogens (tertiary/aromatic N) is 3. The highest BCUT2D eigenvalue weighted by Crippen LogP contribution is 2.15. The van der Waals surface area contributed by atoms with Crippen LogP contribution in [-0.4, -0.2) is 40.3 Å². The van der Waals surface area contributed by atoms with Crippen molar-refractivity contribution in [3.8, 4) is 0 Å². The molecule has 1 aliphatic rings. The lowest BCUT2D eigenvalue weighted by Gasteiger charge is -2.22. The molecule has 2 heterocycles. The molecule has 0 spiro atoms. The van der Waals surface area contributed by atoms with Crippen molar-refractivity contribution in [1.29, 1.82) is 0 Å². The topological polar surface area (TPSA) is 66.2 Å². The summed E-state index contributed by atoms with van der Waals surface area (Å²) in [5.74, 6) is -0.465. The fourth-order valence-corrected chi connectivity index (χ4v) is 2.07. The number of hydrogen-bond donors (Lipinski definition) is 0. The summed E-state index contributed by atoms with van der Waals surface area (Å²) < 4.78 is 12.3. The highest BCUT2D eigenvalue weighted by Gasteiger charge is 2.21. The quantitative estimate of drug-likeness (QED) is 0.596. The Morgan fingerprint density at radius 2 is 2.47 bits per heavy atom. The molecule has 0 bridgehead atoms. The van der Waals surface area contributed by atoms with E-state index in [-0.39, 0.29) is 18.4 Å². The smallest absolute Gasteiger partial charge is 0.361 e. The van der Waals surface area contributed by atoms with E-state index < -0.39 is 5.97 Å². The number of rotatable bonds is 5. The molecule has 1 atom stereocenters. The van der Waals surface area contributed by atoms with Crippen molar-refractivity contribution >= 4 is 5.97 Å². The summed E-state index contributed by atoms with van der Waals surface area (Å²) in [6.45, 7) is 6.92. The molecule has 6 heteroatoms. The third-order valence-electron chi connectivity index (χ3n) is 3.16. The molecule has 1 fully saturated rings. The Balaban J connectivity index is 2.00. The predicted molar refractivity (Wildman–Crippen MR) is 68.8 cm³/mol. The molecule has 1 aliphatic heterocycles. The van der Waals surface area contributed by atoms with Crippen molar-refractivity contribution in [2.45, 2.75) is 38.8 Å². The molecule has 0 amide bonds. The third kappa shape index (κ3) is 3.41. The maximum absolute atomic E-state index is 11.7. The summed E-state index contributed by atoms with van der Waals surface area (Å²) in [7, 11) is 0. The Kier molecular flexibility index (Phi) is 4.68. The zero-order valence-corrected chi connectivity index (χ0v) is 11.2. The fraction of sp³-hybridized carbons (Fsp3) is 0.615. The molecule has 6 nitrogen and oxygen atoms in total. The van der Waals surface area contributed by atoms with E-state index in [2.05, 4.69) is 16.9 Å². The zero-order valence-electron chi connectivity index (χ0n) is 11.2. The number of aromatic nitrogens is 3. The van der Waals surface area contributed by atoms with E-state index in [9.17, 15) is 4.79 Å². The first-order valence-corrected chi connectivity index (χ1v) is 6.52. The van der Waals surface area contributed by atoms with Crippen LogP contribution in [0.1, 0.15) is 35.4 Å². The molecule has 0 radical (unpaired) electrons. The Morgan fingerprint density at radius 1 is 1.63 bits per heavy atom. The molecule has 0 N–H and O–H groups in total.